The Kier molecular flexibility index (Phi) is 5.59. The van der Waals surface area contributed by atoms with Crippen LogP contribution in [0.5, 0.6) is 0 Å². The number of carbonyl (C=O) groups excluding carboxylic acids is 1. The van der Waals surface area contributed by atoms with E-state index in [1.807, 2.05) is 6.20 Å². The van der Waals surface area contributed by atoms with Gasteiger partial charge in [-0.3, -0.25) is 4.79 Å². The lowest BCUT2D eigenvalue weighted by atomic mass is 9.97. The molecule has 5 heteroatoms. The maximum absolute atomic E-state index is 12.5. The summed E-state index contributed by atoms with van der Waals surface area (Å²) in [6, 6.07) is 0.371. The third kappa shape index (κ3) is 3.82. The minimum atomic E-state index is 0.306. The Morgan fingerprint density at radius 3 is 2.79 bits per heavy atom. The predicted octanol–water partition coefficient (Wildman–Crippen LogP) is 3.30. The van der Waals surface area contributed by atoms with Crippen LogP contribution in [0.3, 0.4) is 0 Å². The molecule has 2 aliphatic rings. The first-order valence-corrected chi connectivity index (χ1v) is 9.45. The van der Waals surface area contributed by atoms with Gasteiger partial charge in [-0.15, -0.1) is 0 Å². The number of aryl methyl sites for hydroxylation is 1. The summed E-state index contributed by atoms with van der Waals surface area (Å²) in [5.74, 6) is 2.43. The number of ether oxygens (including phenoxy) is 1. The van der Waals surface area contributed by atoms with Crippen molar-refractivity contribution < 1.29 is 9.53 Å². The molecule has 1 amide bonds. The third-order valence-corrected chi connectivity index (χ3v) is 5.29. The number of imidazole rings is 1. The zero-order valence-corrected chi connectivity index (χ0v) is 15.3. The van der Waals surface area contributed by atoms with E-state index in [0.717, 1.165) is 52.0 Å². The van der Waals surface area contributed by atoms with Crippen LogP contribution >= 0.6 is 0 Å². The van der Waals surface area contributed by atoms with Gasteiger partial charge in [-0.25, -0.2) is 4.98 Å². The molecule has 0 saturated carbocycles. The standard InChI is InChI=1S/C19H31N3O2/c1-14(2)11-18(23)21-8-4-5-17(13-21)22-15(3)12-20-19(22)16-6-9-24-10-7-16/h12,14,16-17H,4-11,13H2,1-3H3. The van der Waals surface area contributed by atoms with Gasteiger partial charge < -0.3 is 14.2 Å². The minimum absolute atomic E-state index is 0.306. The molecular formula is C19H31N3O2. The van der Waals surface area contributed by atoms with Crippen LogP contribution < -0.4 is 0 Å². The number of piperidine rings is 1. The molecule has 1 unspecified atom stereocenters. The molecule has 1 atom stereocenters. The largest absolute Gasteiger partial charge is 0.381 e. The molecule has 2 saturated heterocycles. The molecular weight excluding hydrogens is 302 g/mol. The zero-order chi connectivity index (χ0) is 17.1. The summed E-state index contributed by atoms with van der Waals surface area (Å²) in [6.07, 6.45) is 6.98. The lowest BCUT2D eigenvalue weighted by Gasteiger charge is -2.36. The van der Waals surface area contributed by atoms with Crippen molar-refractivity contribution in [3.05, 3.63) is 17.7 Å². The lowest BCUT2D eigenvalue weighted by Crippen LogP contribution is -2.41. The summed E-state index contributed by atoms with van der Waals surface area (Å²) < 4.78 is 7.93. The van der Waals surface area contributed by atoms with Crippen molar-refractivity contribution in [2.45, 2.75) is 64.8 Å². The average Bonchev–Trinajstić information content (AvgIpc) is 2.97. The molecule has 24 heavy (non-hydrogen) atoms. The summed E-state index contributed by atoms with van der Waals surface area (Å²) in [6.45, 7) is 9.78. The Balaban J connectivity index is 1.76. The highest BCUT2D eigenvalue weighted by atomic mass is 16.5. The Morgan fingerprint density at radius 2 is 2.08 bits per heavy atom. The molecule has 134 valence electrons. The number of likely N-dealkylation sites (tertiary alicyclic amines) is 1. The van der Waals surface area contributed by atoms with Gasteiger partial charge in [0.15, 0.2) is 0 Å². The Hall–Kier alpha value is -1.36. The normalized spacial score (nSPS) is 23.0. The lowest BCUT2D eigenvalue weighted by molar-refractivity contribution is -0.133. The summed E-state index contributed by atoms with van der Waals surface area (Å²) >= 11 is 0. The van der Waals surface area contributed by atoms with Crippen LogP contribution in [0.4, 0.5) is 0 Å². The number of hydrogen-bond acceptors (Lipinski definition) is 3. The second-order valence-electron chi connectivity index (χ2n) is 7.75. The fraction of sp³-hybridized carbons (Fsp3) is 0.789. The van der Waals surface area contributed by atoms with Crippen molar-refractivity contribution in [3.8, 4) is 0 Å². The Labute approximate surface area is 145 Å². The van der Waals surface area contributed by atoms with Gasteiger partial charge in [-0.1, -0.05) is 13.8 Å². The SMILES string of the molecule is Cc1cnc(C2CCOCC2)n1C1CCCN(C(=O)CC(C)C)C1. The molecule has 2 fully saturated rings. The van der Waals surface area contributed by atoms with E-state index >= 15 is 0 Å². The van der Waals surface area contributed by atoms with E-state index in [9.17, 15) is 4.79 Å². The second-order valence-corrected chi connectivity index (χ2v) is 7.75. The van der Waals surface area contributed by atoms with Crippen molar-refractivity contribution in [2.24, 2.45) is 5.92 Å². The number of nitrogens with zero attached hydrogens (tertiary/aromatic N) is 3. The van der Waals surface area contributed by atoms with Crippen molar-refractivity contribution in [1.29, 1.82) is 0 Å². The second kappa shape index (κ2) is 7.68. The molecule has 0 N–H and O–H groups in total. The van der Waals surface area contributed by atoms with Gasteiger partial charge in [-0.2, -0.15) is 0 Å². The van der Waals surface area contributed by atoms with E-state index in [0.29, 0.717) is 30.2 Å². The molecule has 1 aromatic rings. The number of hydrogen-bond donors (Lipinski definition) is 0. The number of amides is 1. The van der Waals surface area contributed by atoms with E-state index in [1.54, 1.807) is 0 Å². The van der Waals surface area contributed by atoms with Gasteiger partial charge >= 0.3 is 0 Å². The summed E-state index contributed by atoms with van der Waals surface area (Å²) in [4.78, 5) is 19.3. The molecule has 2 aliphatic heterocycles. The summed E-state index contributed by atoms with van der Waals surface area (Å²) in [5.41, 5.74) is 1.22. The van der Waals surface area contributed by atoms with Crippen LogP contribution in [0.25, 0.3) is 0 Å². The van der Waals surface area contributed by atoms with E-state index in [2.05, 4.69) is 30.2 Å². The molecule has 0 radical (unpaired) electrons. The van der Waals surface area contributed by atoms with Gasteiger partial charge in [0.2, 0.25) is 5.91 Å². The molecule has 5 nitrogen and oxygen atoms in total. The molecule has 0 aromatic carbocycles. The first kappa shape index (κ1) is 17.5. The highest BCUT2D eigenvalue weighted by molar-refractivity contribution is 5.76. The maximum atomic E-state index is 12.5. The Bertz CT molecular complexity index is 561. The van der Waals surface area contributed by atoms with Crippen molar-refractivity contribution >= 4 is 5.91 Å². The molecule has 3 rings (SSSR count). The summed E-state index contributed by atoms with van der Waals surface area (Å²) in [5, 5.41) is 0. The topological polar surface area (TPSA) is 47.4 Å². The van der Waals surface area contributed by atoms with Crippen LogP contribution in [0, 0.1) is 12.8 Å². The first-order chi connectivity index (χ1) is 11.6. The van der Waals surface area contributed by atoms with E-state index in [1.165, 1.54) is 11.5 Å². The van der Waals surface area contributed by atoms with Crippen molar-refractivity contribution in [3.63, 3.8) is 0 Å². The monoisotopic (exact) mass is 333 g/mol. The average molecular weight is 333 g/mol. The zero-order valence-electron chi connectivity index (χ0n) is 15.3. The van der Waals surface area contributed by atoms with E-state index in [-0.39, 0.29) is 0 Å². The van der Waals surface area contributed by atoms with Gasteiger partial charge in [0.25, 0.3) is 0 Å². The number of rotatable bonds is 4. The van der Waals surface area contributed by atoms with E-state index < -0.39 is 0 Å². The fourth-order valence-electron chi connectivity index (χ4n) is 4.07. The predicted molar refractivity (Wildman–Crippen MR) is 94.1 cm³/mol. The molecule has 0 aliphatic carbocycles. The first-order valence-electron chi connectivity index (χ1n) is 9.45. The molecule has 1 aromatic heterocycles. The highest BCUT2D eigenvalue weighted by Gasteiger charge is 2.29. The minimum Gasteiger partial charge on any atom is -0.381 e. The van der Waals surface area contributed by atoms with Gasteiger partial charge in [-0.05, 0) is 38.5 Å². The smallest absolute Gasteiger partial charge is 0.222 e. The van der Waals surface area contributed by atoms with Crippen LogP contribution in [0.1, 0.15) is 69.4 Å². The number of aromatic nitrogens is 2. The number of carbonyl (C=O) groups is 1. The summed E-state index contributed by atoms with van der Waals surface area (Å²) in [7, 11) is 0. The molecule has 3 heterocycles. The van der Waals surface area contributed by atoms with Crippen molar-refractivity contribution in [1.82, 2.24) is 14.5 Å². The van der Waals surface area contributed by atoms with Gasteiger partial charge in [0, 0.05) is 50.5 Å². The maximum Gasteiger partial charge on any atom is 0.222 e. The van der Waals surface area contributed by atoms with Crippen LogP contribution in [-0.4, -0.2) is 46.7 Å². The quantitative estimate of drug-likeness (QED) is 0.849. The van der Waals surface area contributed by atoms with E-state index in [4.69, 9.17) is 9.72 Å². The molecule has 0 spiro atoms. The highest BCUT2D eigenvalue weighted by Crippen LogP contribution is 2.32. The van der Waals surface area contributed by atoms with Crippen LogP contribution in [-0.2, 0) is 9.53 Å². The van der Waals surface area contributed by atoms with Gasteiger partial charge in [0.05, 0.1) is 6.04 Å². The fourth-order valence-corrected chi connectivity index (χ4v) is 4.07. The van der Waals surface area contributed by atoms with Gasteiger partial charge in [0.1, 0.15) is 5.82 Å². The molecule has 0 bridgehead atoms. The third-order valence-electron chi connectivity index (χ3n) is 5.29. The van der Waals surface area contributed by atoms with Crippen LogP contribution in [0.15, 0.2) is 6.20 Å². The van der Waals surface area contributed by atoms with Crippen LogP contribution in [0.2, 0.25) is 0 Å². The Morgan fingerprint density at radius 1 is 1.33 bits per heavy atom. The van der Waals surface area contributed by atoms with Crippen molar-refractivity contribution in [2.75, 3.05) is 26.3 Å².